The second-order valence-corrected chi connectivity index (χ2v) is 7.73. The molecule has 3 heteroatoms. The highest BCUT2D eigenvalue weighted by Crippen LogP contribution is 2.38. The molecule has 0 aromatic heterocycles. The number of fused-ring (bicyclic) bond motifs is 1. The smallest absolute Gasteiger partial charge is 0.119 e. The van der Waals surface area contributed by atoms with Gasteiger partial charge in [0, 0.05) is 18.6 Å². The topological polar surface area (TPSA) is 32.7 Å². The van der Waals surface area contributed by atoms with Gasteiger partial charge in [-0.3, -0.25) is 4.90 Å². The zero-order valence-corrected chi connectivity index (χ0v) is 15.7. The molecule has 1 aliphatic heterocycles. The summed E-state index contributed by atoms with van der Waals surface area (Å²) in [4.78, 5) is 2.76. The Balaban J connectivity index is 1.66. The minimum absolute atomic E-state index is 0.340. The van der Waals surface area contributed by atoms with Crippen molar-refractivity contribution in [1.82, 2.24) is 4.90 Å². The molecule has 1 saturated carbocycles. The summed E-state index contributed by atoms with van der Waals surface area (Å²) < 4.78 is 5.45. The van der Waals surface area contributed by atoms with E-state index in [1.807, 2.05) is 0 Å². The number of ether oxygens (including phenoxy) is 1. The molecule has 2 aromatic carbocycles. The first-order valence-electron chi connectivity index (χ1n) is 9.95. The van der Waals surface area contributed by atoms with Crippen molar-refractivity contribution < 1.29 is 9.84 Å². The van der Waals surface area contributed by atoms with Gasteiger partial charge in [0.1, 0.15) is 11.5 Å². The lowest BCUT2D eigenvalue weighted by Gasteiger charge is -2.44. The fourth-order valence-electron chi connectivity index (χ4n) is 4.77. The van der Waals surface area contributed by atoms with E-state index in [-0.39, 0.29) is 0 Å². The third-order valence-electron chi connectivity index (χ3n) is 6.16. The Morgan fingerprint density at radius 2 is 1.81 bits per heavy atom. The molecule has 1 fully saturated rings. The van der Waals surface area contributed by atoms with Crippen LogP contribution in [0.2, 0.25) is 0 Å². The van der Waals surface area contributed by atoms with Crippen molar-refractivity contribution in [3.63, 3.8) is 0 Å². The van der Waals surface area contributed by atoms with E-state index in [9.17, 15) is 5.11 Å². The third-order valence-corrected chi connectivity index (χ3v) is 6.16. The van der Waals surface area contributed by atoms with E-state index in [1.54, 1.807) is 19.2 Å². The summed E-state index contributed by atoms with van der Waals surface area (Å²) in [5, 5.41) is 9.61. The third kappa shape index (κ3) is 3.59. The Morgan fingerprint density at radius 3 is 2.54 bits per heavy atom. The zero-order valence-electron chi connectivity index (χ0n) is 15.7. The van der Waals surface area contributed by atoms with E-state index in [0.29, 0.717) is 17.8 Å². The highest BCUT2D eigenvalue weighted by molar-refractivity contribution is 5.40. The lowest BCUT2D eigenvalue weighted by Crippen LogP contribution is -2.44. The first kappa shape index (κ1) is 17.4. The summed E-state index contributed by atoms with van der Waals surface area (Å²) in [6.07, 6.45) is 8.88. The van der Waals surface area contributed by atoms with E-state index < -0.39 is 0 Å². The molecule has 0 saturated heterocycles. The molecule has 1 aliphatic carbocycles. The Kier molecular flexibility index (Phi) is 5.16. The van der Waals surface area contributed by atoms with Crippen molar-refractivity contribution in [2.75, 3.05) is 13.7 Å². The van der Waals surface area contributed by atoms with Crippen LogP contribution < -0.4 is 4.74 Å². The highest BCUT2D eigenvalue weighted by Gasteiger charge is 2.33. The van der Waals surface area contributed by atoms with E-state index in [4.69, 9.17) is 4.74 Å². The zero-order chi connectivity index (χ0) is 17.9. The molecule has 4 rings (SSSR count). The first-order valence-corrected chi connectivity index (χ1v) is 9.95. The van der Waals surface area contributed by atoms with E-state index >= 15 is 0 Å². The van der Waals surface area contributed by atoms with Crippen LogP contribution in [0.25, 0.3) is 0 Å². The maximum Gasteiger partial charge on any atom is 0.119 e. The summed E-state index contributed by atoms with van der Waals surface area (Å²) in [5.74, 6) is 1.30. The molecule has 0 spiro atoms. The van der Waals surface area contributed by atoms with Crippen LogP contribution >= 0.6 is 0 Å². The maximum atomic E-state index is 9.61. The number of rotatable bonds is 4. The highest BCUT2D eigenvalue weighted by atomic mass is 16.5. The van der Waals surface area contributed by atoms with Crippen LogP contribution in [-0.4, -0.2) is 29.7 Å². The molecule has 0 bridgehead atoms. The second kappa shape index (κ2) is 7.71. The Hall–Kier alpha value is -2.00. The minimum Gasteiger partial charge on any atom is -0.508 e. The quantitative estimate of drug-likeness (QED) is 0.852. The number of phenolic OH excluding ortho intramolecular Hbond substituents is 1. The van der Waals surface area contributed by atoms with E-state index in [1.165, 1.54) is 48.8 Å². The molecular formula is C23H29NO2. The number of hydrogen-bond donors (Lipinski definition) is 1. The number of phenols is 1. The predicted molar refractivity (Wildman–Crippen MR) is 105 cm³/mol. The van der Waals surface area contributed by atoms with Crippen molar-refractivity contribution >= 4 is 0 Å². The summed E-state index contributed by atoms with van der Waals surface area (Å²) in [6.45, 7) is 1.13. The first-order chi connectivity index (χ1) is 12.7. The second-order valence-electron chi connectivity index (χ2n) is 7.73. The van der Waals surface area contributed by atoms with Gasteiger partial charge < -0.3 is 9.84 Å². The summed E-state index contributed by atoms with van der Waals surface area (Å²) in [7, 11) is 1.74. The number of hydrogen-bond acceptors (Lipinski definition) is 3. The molecule has 0 radical (unpaired) electrons. The van der Waals surface area contributed by atoms with Crippen LogP contribution in [-0.2, 0) is 12.8 Å². The molecule has 138 valence electrons. The van der Waals surface area contributed by atoms with Crippen LogP contribution in [0.1, 0.15) is 54.8 Å². The lowest BCUT2D eigenvalue weighted by molar-refractivity contribution is 0.0945. The number of aromatic hydroxyl groups is 1. The SMILES string of the molecule is COc1ccc2c(c1)CCN(C1CCCCC1)C2Cc1ccc(O)cc1. The van der Waals surface area contributed by atoms with Crippen molar-refractivity contribution in [3.8, 4) is 11.5 Å². The molecule has 3 nitrogen and oxygen atoms in total. The molecule has 0 amide bonds. The van der Waals surface area contributed by atoms with Crippen molar-refractivity contribution in [1.29, 1.82) is 0 Å². The molecule has 2 aromatic rings. The molecule has 26 heavy (non-hydrogen) atoms. The van der Waals surface area contributed by atoms with Crippen LogP contribution in [0.4, 0.5) is 0 Å². The van der Waals surface area contributed by atoms with Gasteiger partial charge in [0.05, 0.1) is 7.11 Å². The van der Waals surface area contributed by atoms with Gasteiger partial charge in [0.2, 0.25) is 0 Å². The van der Waals surface area contributed by atoms with E-state index in [0.717, 1.165) is 25.1 Å². The van der Waals surface area contributed by atoms with Gasteiger partial charge in [0.15, 0.2) is 0 Å². The molecule has 1 unspecified atom stereocenters. The van der Waals surface area contributed by atoms with Crippen molar-refractivity contribution in [2.24, 2.45) is 0 Å². The minimum atomic E-state index is 0.340. The maximum absolute atomic E-state index is 9.61. The Morgan fingerprint density at radius 1 is 1.04 bits per heavy atom. The van der Waals surface area contributed by atoms with Gasteiger partial charge in [-0.2, -0.15) is 0 Å². The normalized spacial score (nSPS) is 21.3. The lowest BCUT2D eigenvalue weighted by atomic mass is 9.84. The molecule has 1 N–H and O–H groups in total. The van der Waals surface area contributed by atoms with E-state index in [2.05, 4.69) is 35.2 Å². The van der Waals surface area contributed by atoms with Gasteiger partial charge in [-0.05, 0) is 66.6 Å². The standard InChI is InChI=1S/C23H29NO2/c1-26-21-11-12-22-18(16-21)13-14-24(19-5-3-2-4-6-19)23(22)15-17-7-9-20(25)10-8-17/h7-12,16,19,23,25H,2-6,13-15H2,1H3. The fourth-order valence-corrected chi connectivity index (χ4v) is 4.77. The largest absolute Gasteiger partial charge is 0.508 e. The van der Waals surface area contributed by atoms with Crippen LogP contribution in [0.5, 0.6) is 11.5 Å². The van der Waals surface area contributed by atoms with Gasteiger partial charge in [-0.25, -0.2) is 0 Å². The number of methoxy groups -OCH3 is 1. The summed E-state index contributed by atoms with van der Waals surface area (Å²) >= 11 is 0. The van der Waals surface area contributed by atoms with Crippen LogP contribution in [0.3, 0.4) is 0 Å². The fraction of sp³-hybridized carbons (Fsp3) is 0.478. The van der Waals surface area contributed by atoms with Gasteiger partial charge in [-0.15, -0.1) is 0 Å². The van der Waals surface area contributed by atoms with Crippen molar-refractivity contribution in [3.05, 3.63) is 59.2 Å². The van der Waals surface area contributed by atoms with Crippen LogP contribution in [0.15, 0.2) is 42.5 Å². The number of benzene rings is 2. The monoisotopic (exact) mass is 351 g/mol. The van der Waals surface area contributed by atoms with Crippen LogP contribution in [0, 0.1) is 0 Å². The average Bonchev–Trinajstić information content (AvgIpc) is 2.70. The average molecular weight is 351 g/mol. The number of nitrogens with zero attached hydrogens (tertiary/aromatic N) is 1. The molecule has 1 atom stereocenters. The molecular weight excluding hydrogens is 322 g/mol. The summed E-state index contributed by atoms with van der Waals surface area (Å²) in [5.41, 5.74) is 4.17. The molecule has 1 heterocycles. The predicted octanol–water partition coefficient (Wildman–Crippen LogP) is 4.88. The molecule has 2 aliphatic rings. The summed E-state index contributed by atoms with van der Waals surface area (Å²) in [6, 6.07) is 15.4. The Bertz CT molecular complexity index is 734. The Labute approximate surface area is 156 Å². The van der Waals surface area contributed by atoms with Crippen molar-refractivity contribution in [2.45, 2.75) is 57.0 Å². The van der Waals surface area contributed by atoms with Gasteiger partial charge in [0.25, 0.3) is 0 Å². The van der Waals surface area contributed by atoms with Gasteiger partial charge in [-0.1, -0.05) is 37.5 Å². The van der Waals surface area contributed by atoms with Gasteiger partial charge >= 0.3 is 0 Å².